The average Bonchev–Trinajstić information content (AvgIpc) is 3.29. The van der Waals surface area contributed by atoms with Crippen LogP contribution in [0, 0.1) is 29.1 Å². The molecular weight excluding hydrogens is 460 g/mol. The number of hydrogen-bond acceptors (Lipinski definition) is 4. The molecule has 0 saturated carbocycles. The van der Waals surface area contributed by atoms with Gasteiger partial charge in [0.1, 0.15) is 5.69 Å². The number of benzene rings is 2. The summed E-state index contributed by atoms with van der Waals surface area (Å²) in [6.45, 7) is 7.50. The summed E-state index contributed by atoms with van der Waals surface area (Å²) in [7, 11) is -0.818. The monoisotopic (exact) mass is 479 g/mol. The molecule has 172 valence electrons. The molecule has 0 aliphatic carbocycles. The SMILES string of the molecule is CC1(C)OB(c2cc(-c3ccccc3)sc2C=Nc2c(F)c(F)c(F)c(F)c2F)OC1(C)C. The zero-order valence-electron chi connectivity index (χ0n) is 18.2. The molecule has 1 aromatic heterocycles. The Bertz CT molecular complexity index is 1200. The highest BCUT2D eigenvalue weighted by Crippen LogP contribution is 2.38. The first kappa shape index (κ1) is 23.6. The Morgan fingerprint density at radius 3 is 1.88 bits per heavy atom. The molecule has 2 heterocycles. The molecule has 4 rings (SSSR count). The van der Waals surface area contributed by atoms with Gasteiger partial charge in [-0.15, -0.1) is 11.3 Å². The van der Waals surface area contributed by atoms with Gasteiger partial charge >= 0.3 is 7.12 Å². The lowest BCUT2D eigenvalue weighted by Gasteiger charge is -2.32. The first-order chi connectivity index (χ1) is 15.4. The molecule has 33 heavy (non-hydrogen) atoms. The van der Waals surface area contributed by atoms with Crippen LogP contribution in [-0.4, -0.2) is 24.5 Å². The number of rotatable bonds is 4. The third-order valence-electron chi connectivity index (χ3n) is 5.85. The molecular formula is C23H19BF5NO2S. The van der Waals surface area contributed by atoms with Crippen molar-refractivity contribution in [2.75, 3.05) is 0 Å². The fourth-order valence-corrected chi connectivity index (χ4v) is 4.30. The molecule has 1 aliphatic heterocycles. The number of aliphatic imine (C=N–C) groups is 1. The van der Waals surface area contributed by atoms with Crippen LogP contribution in [0.15, 0.2) is 41.4 Å². The van der Waals surface area contributed by atoms with E-state index in [2.05, 4.69) is 4.99 Å². The van der Waals surface area contributed by atoms with Crippen molar-refractivity contribution in [3.05, 3.63) is 70.4 Å². The Labute approximate surface area is 192 Å². The van der Waals surface area contributed by atoms with Crippen LogP contribution >= 0.6 is 11.3 Å². The van der Waals surface area contributed by atoms with Crippen LogP contribution in [0.25, 0.3) is 10.4 Å². The maximum absolute atomic E-state index is 14.1. The van der Waals surface area contributed by atoms with E-state index in [4.69, 9.17) is 9.31 Å². The lowest BCUT2D eigenvalue weighted by atomic mass is 9.79. The molecule has 0 bridgehead atoms. The lowest BCUT2D eigenvalue weighted by Crippen LogP contribution is -2.41. The minimum Gasteiger partial charge on any atom is -0.399 e. The van der Waals surface area contributed by atoms with Gasteiger partial charge in [0.15, 0.2) is 23.3 Å². The molecule has 0 radical (unpaired) electrons. The molecule has 0 N–H and O–H groups in total. The third kappa shape index (κ3) is 4.11. The zero-order chi connectivity index (χ0) is 24.1. The van der Waals surface area contributed by atoms with Crippen LogP contribution in [0.1, 0.15) is 32.6 Å². The highest BCUT2D eigenvalue weighted by atomic mass is 32.1. The van der Waals surface area contributed by atoms with Crippen molar-refractivity contribution in [2.45, 2.75) is 38.9 Å². The van der Waals surface area contributed by atoms with E-state index in [1.54, 1.807) is 0 Å². The van der Waals surface area contributed by atoms with Gasteiger partial charge in [0.2, 0.25) is 5.82 Å². The maximum atomic E-state index is 14.1. The van der Waals surface area contributed by atoms with Crippen molar-refractivity contribution < 1.29 is 31.3 Å². The standard InChI is InChI=1S/C23H19BF5NO2S/c1-22(2)23(3,4)32-24(31-22)13-10-14(12-8-6-5-7-9-12)33-15(13)11-30-21-19(28)17(26)16(25)18(27)20(21)29/h5-11H,1-4H3. The van der Waals surface area contributed by atoms with Gasteiger partial charge in [0.05, 0.1) is 11.2 Å². The van der Waals surface area contributed by atoms with Gasteiger partial charge in [-0.3, -0.25) is 0 Å². The minimum absolute atomic E-state index is 0.399. The molecule has 0 unspecified atom stereocenters. The van der Waals surface area contributed by atoms with Crippen molar-refractivity contribution in [1.82, 2.24) is 0 Å². The largest absolute Gasteiger partial charge is 0.496 e. The van der Waals surface area contributed by atoms with Crippen molar-refractivity contribution >= 4 is 35.8 Å². The summed E-state index contributed by atoms with van der Waals surface area (Å²) in [4.78, 5) is 4.82. The van der Waals surface area contributed by atoms with Crippen LogP contribution in [0.5, 0.6) is 0 Å². The van der Waals surface area contributed by atoms with Crippen LogP contribution in [0.4, 0.5) is 27.6 Å². The van der Waals surface area contributed by atoms with Crippen LogP contribution in [-0.2, 0) is 9.31 Å². The van der Waals surface area contributed by atoms with E-state index in [0.717, 1.165) is 16.7 Å². The molecule has 0 atom stereocenters. The molecule has 10 heteroatoms. The van der Waals surface area contributed by atoms with E-state index in [9.17, 15) is 22.0 Å². The van der Waals surface area contributed by atoms with E-state index in [0.29, 0.717) is 10.3 Å². The fourth-order valence-electron chi connectivity index (χ4n) is 3.25. The average molecular weight is 479 g/mol. The third-order valence-corrected chi connectivity index (χ3v) is 6.99. The first-order valence-electron chi connectivity index (χ1n) is 10.0. The Balaban J connectivity index is 1.81. The molecule has 1 fully saturated rings. The Morgan fingerprint density at radius 1 is 0.818 bits per heavy atom. The summed E-state index contributed by atoms with van der Waals surface area (Å²) < 4.78 is 80.9. The van der Waals surface area contributed by atoms with Crippen molar-refractivity contribution in [1.29, 1.82) is 0 Å². The van der Waals surface area contributed by atoms with E-state index in [1.807, 2.05) is 64.1 Å². The second-order valence-corrected chi connectivity index (χ2v) is 9.65. The molecule has 0 amide bonds. The predicted molar refractivity (Wildman–Crippen MR) is 119 cm³/mol. The van der Waals surface area contributed by atoms with Gasteiger partial charge in [-0.25, -0.2) is 26.9 Å². The topological polar surface area (TPSA) is 30.8 Å². The summed E-state index contributed by atoms with van der Waals surface area (Å²) in [5.74, 6) is -10.3. The Kier molecular flexibility index (Phi) is 5.96. The first-order valence-corrected chi connectivity index (χ1v) is 10.8. The lowest BCUT2D eigenvalue weighted by molar-refractivity contribution is 0.00578. The van der Waals surface area contributed by atoms with E-state index in [-0.39, 0.29) is 0 Å². The van der Waals surface area contributed by atoms with Gasteiger partial charge in [-0.1, -0.05) is 30.3 Å². The number of nitrogens with zero attached hydrogens (tertiary/aromatic N) is 1. The summed E-state index contributed by atoms with van der Waals surface area (Å²) in [6, 6.07) is 11.1. The number of halogens is 5. The highest BCUT2D eigenvalue weighted by Gasteiger charge is 2.52. The molecule has 0 spiro atoms. The maximum Gasteiger partial charge on any atom is 0.496 e. The smallest absolute Gasteiger partial charge is 0.399 e. The highest BCUT2D eigenvalue weighted by molar-refractivity contribution is 7.18. The predicted octanol–water partition coefficient (Wildman–Crippen LogP) is 6.16. The second kappa shape index (κ2) is 8.34. The van der Waals surface area contributed by atoms with Gasteiger partial charge in [-0.2, -0.15) is 0 Å². The zero-order valence-corrected chi connectivity index (χ0v) is 19.0. The number of thiophene rings is 1. The molecule has 1 saturated heterocycles. The van der Waals surface area contributed by atoms with Crippen molar-refractivity contribution in [2.24, 2.45) is 4.99 Å². The van der Waals surface area contributed by atoms with E-state index in [1.165, 1.54) is 11.3 Å². The van der Waals surface area contributed by atoms with E-state index < -0.39 is 53.1 Å². The fraction of sp³-hybridized carbons (Fsp3) is 0.261. The van der Waals surface area contributed by atoms with Gasteiger partial charge in [-0.05, 0) is 39.3 Å². The quantitative estimate of drug-likeness (QED) is 0.148. The molecule has 2 aromatic carbocycles. The Hall–Kier alpha value is -2.56. The second-order valence-electron chi connectivity index (χ2n) is 8.56. The van der Waals surface area contributed by atoms with Crippen molar-refractivity contribution in [3.8, 4) is 10.4 Å². The van der Waals surface area contributed by atoms with Gasteiger partial charge < -0.3 is 9.31 Å². The van der Waals surface area contributed by atoms with E-state index >= 15 is 0 Å². The minimum atomic E-state index is -2.23. The molecule has 3 aromatic rings. The van der Waals surface area contributed by atoms with Crippen molar-refractivity contribution in [3.63, 3.8) is 0 Å². The summed E-state index contributed by atoms with van der Waals surface area (Å²) in [6.07, 6.45) is 1.07. The van der Waals surface area contributed by atoms with Crippen LogP contribution < -0.4 is 5.46 Å². The molecule has 1 aliphatic rings. The summed E-state index contributed by atoms with van der Waals surface area (Å²) in [5, 5.41) is 0. The Morgan fingerprint density at radius 2 is 1.33 bits per heavy atom. The van der Waals surface area contributed by atoms with Gasteiger partial charge in [0, 0.05) is 21.4 Å². The number of hydrogen-bond donors (Lipinski definition) is 0. The molecule has 3 nitrogen and oxygen atoms in total. The summed E-state index contributed by atoms with van der Waals surface area (Å²) >= 11 is 1.23. The summed E-state index contributed by atoms with van der Waals surface area (Å²) in [5.41, 5.74) is -1.16. The normalized spacial score (nSPS) is 17.3. The van der Waals surface area contributed by atoms with Crippen LogP contribution in [0.2, 0.25) is 0 Å². The van der Waals surface area contributed by atoms with Crippen LogP contribution in [0.3, 0.4) is 0 Å². The van der Waals surface area contributed by atoms with Gasteiger partial charge in [0.25, 0.3) is 0 Å².